The Bertz CT molecular complexity index is 249. The van der Waals surface area contributed by atoms with Crippen LogP contribution in [0.4, 0.5) is 0 Å². The largest absolute Gasteiger partial charge is 0.287 e. The van der Waals surface area contributed by atoms with Crippen LogP contribution in [0.15, 0.2) is 0 Å². The molecule has 0 aromatic rings. The third-order valence-electron chi connectivity index (χ3n) is 2.64. The first-order chi connectivity index (χ1) is 7.23. The first kappa shape index (κ1) is 12.2. The van der Waals surface area contributed by atoms with E-state index in [1.54, 1.807) is 0 Å². The average molecular weight is 272 g/mol. The van der Waals surface area contributed by atoms with Gasteiger partial charge in [-0.1, -0.05) is 0 Å². The van der Waals surface area contributed by atoms with Crippen LogP contribution in [0.25, 0.3) is 0 Å². The first-order valence-electron chi connectivity index (χ1n) is 5.21. The number of alkyl halides is 2. The molecule has 0 spiro atoms. The summed E-state index contributed by atoms with van der Waals surface area (Å²) in [4.78, 5) is 0. The lowest BCUT2D eigenvalue weighted by Gasteiger charge is -2.31. The topological polar surface area (TPSA) is 26.3 Å². The second-order valence-corrected chi connectivity index (χ2v) is 7.23. The molecule has 0 amide bonds. The maximum absolute atomic E-state index is 12.9. The molecular formula is C8H16Cl2N3OP. The Kier molecular flexibility index (Phi) is 3.98. The highest BCUT2D eigenvalue weighted by Crippen LogP contribution is 2.62. The summed E-state index contributed by atoms with van der Waals surface area (Å²) in [5.41, 5.74) is 0. The molecule has 0 aromatic carbocycles. The highest BCUT2D eigenvalue weighted by molar-refractivity contribution is 7.57. The Morgan fingerprint density at radius 3 is 1.67 bits per heavy atom. The van der Waals surface area contributed by atoms with E-state index in [4.69, 9.17) is 23.2 Å². The molecule has 88 valence electrons. The minimum absolute atomic E-state index is 0.503. The maximum atomic E-state index is 12.9. The molecule has 0 atom stereocenters. The molecule has 2 saturated heterocycles. The summed E-state index contributed by atoms with van der Waals surface area (Å²) in [6.07, 6.45) is 0. The van der Waals surface area contributed by atoms with Crippen molar-refractivity contribution in [3.63, 3.8) is 0 Å². The van der Waals surface area contributed by atoms with Gasteiger partial charge in [0.2, 0.25) is 0 Å². The second-order valence-electron chi connectivity index (χ2n) is 3.75. The van der Waals surface area contributed by atoms with Crippen LogP contribution in [0.1, 0.15) is 0 Å². The highest BCUT2D eigenvalue weighted by atomic mass is 35.5. The molecule has 7 heteroatoms. The zero-order valence-electron chi connectivity index (χ0n) is 8.61. The second kappa shape index (κ2) is 4.91. The minimum atomic E-state index is -2.45. The molecule has 2 aliphatic rings. The van der Waals surface area contributed by atoms with Gasteiger partial charge >= 0.3 is 0 Å². The lowest BCUT2D eigenvalue weighted by Crippen LogP contribution is -2.31. The van der Waals surface area contributed by atoms with Crippen molar-refractivity contribution in [2.24, 2.45) is 0 Å². The minimum Gasteiger partial charge on any atom is -0.270 e. The lowest BCUT2D eigenvalue weighted by atomic mass is 10.6. The summed E-state index contributed by atoms with van der Waals surface area (Å²) in [5.74, 6) is 1.01. The SMILES string of the molecule is O=P(N(CCCl)CCCl)(N1CC1)N1CC1. The van der Waals surface area contributed by atoms with Crippen molar-refractivity contribution in [1.82, 2.24) is 14.0 Å². The van der Waals surface area contributed by atoms with Crippen LogP contribution in [-0.2, 0) is 4.57 Å². The fourth-order valence-electron chi connectivity index (χ4n) is 1.71. The zero-order chi connectivity index (χ0) is 10.9. The third-order valence-corrected chi connectivity index (χ3v) is 6.39. The molecule has 0 aliphatic carbocycles. The van der Waals surface area contributed by atoms with Gasteiger partial charge in [0.15, 0.2) is 0 Å². The van der Waals surface area contributed by atoms with E-state index in [-0.39, 0.29) is 0 Å². The van der Waals surface area contributed by atoms with Gasteiger partial charge in [-0.2, -0.15) is 0 Å². The number of nitrogens with zero attached hydrogens (tertiary/aromatic N) is 3. The monoisotopic (exact) mass is 271 g/mol. The predicted molar refractivity (Wildman–Crippen MR) is 63.8 cm³/mol. The van der Waals surface area contributed by atoms with Crippen molar-refractivity contribution in [2.45, 2.75) is 0 Å². The van der Waals surface area contributed by atoms with Gasteiger partial charge in [-0.15, -0.1) is 23.2 Å². The Morgan fingerprint density at radius 2 is 1.40 bits per heavy atom. The van der Waals surface area contributed by atoms with Gasteiger partial charge in [-0.05, 0) is 0 Å². The molecule has 2 aliphatic heterocycles. The predicted octanol–water partition coefficient (Wildman–Crippen LogP) is 1.51. The molecule has 4 nitrogen and oxygen atoms in total. The maximum Gasteiger partial charge on any atom is 0.287 e. The molecule has 2 fully saturated rings. The summed E-state index contributed by atoms with van der Waals surface area (Å²) < 4.78 is 18.9. The van der Waals surface area contributed by atoms with Gasteiger partial charge in [0.05, 0.1) is 0 Å². The summed E-state index contributed by atoms with van der Waals surface area (Å²) >= 11 is 11.5. The fraction of sp³-hybridized carbons (Fsp3) is 1.00. The van der Waals surface area contributed by atoms with Crippen molar-refractivity contribution >= 4 is 30.8 Å². The van der Waals surface area contributed by atoms with E-state index in [0.29, 0.717) is 24.8 Å². The number of hydrogen-bond acceptors (Lipinski definition) is 1. The molecule has 0 radical (unpaired) electrons. The van der Waals surface area contributed by atoms with Gasteiger partial charge in [0.25, 0.3) is 7.59 Å². The summed E-state index contributed by atoms with van der Waals surface area (Å²) in [6, 6.07) is 0. The average Bonchev–Trinajstić information content (AvgIpc) is 3.07. The molecule has 0 saturated carbocycles. The van der Waals surface area contributed by atoms with Gasteiger partial charge in [0.1, 0.15) is 0 Å². The van der Waals surface area contributed by atoms with Gasteiger partial charge in [-0.25, -0.2) is 14.0 Å². The van der Waals surface area contributed by atoms with Crippen molar-refractivity contribution in [3.8, 4) is 0 Å². The smallest absolute Gasteiger partial charge is 0.270 e. The van der Waals surface area contributed by atoms with Crippen LogP contribution >= 0.6 is 30.8 Å². The van der Waals surface area contributed by atoms with Crippen molar-refractivity contribution in [3.05, 3.63) is 0 Å². The van der Waals surface area contributed by atoms with Gasteiger partial charge < -0.3 is 0 Å². The van der Waals surface area contributed by atoms with E-state index in [1.807, 2.05) is 14.0 Å². The Balaban J connectivity index is 2.09. The molecule has 2 rings (SSSR count). The molecule has 2 heterocycles. The molecule has 0 unspecified atom stereocenters. The van der Waals surface area contributed by atoms with Crippen molar-refractivity contribution in [1.29, 1.82) is 0 Å². The molecule has 15 heavy (non-hydrogen) atoms. The molecule has 0 bridgehead atoms. The van der Waals surface area contributed by atoms with Crippen LogP contribution < -0.4 is 0 Å². The van der Waals surface area contributed by atoms with E-state index >= 15 is 0 Å². The van der Waals surface area contributed by atoms with Gasteiger partial charge in [0, 0.05) is 51.0 Å². The van der Waals surface area contributed by atoms with Crippen molar-refractivity contribution < 1.29 is 4.57 Å². The highest BCUT2D eigenvalue weighted by Gasteiger charge is 2.51. The molecular weight excluding hydrogens is 256 g/mol. The van der Waals surface area contributed by atoms with Crippen LogP contribution in [0.2, 0.25) is 0 Å². The number of rotatable bonds is 7. The van der Waals surface area contributed by atoms with Crippen LogP contribution in [0.5, 0.6) is 0 Å². The normalized spacial score (nSPS) is 22.3. The molecule has 0 aromatic heterocycles. The number of halogens is 2. The fourth-order valence-corrected chi connectivity index (χ4v) is 5.37. The number of hydrogen-bond donors (Lipinski definition) is 0. The van der Waals surface area contributed by atoms with E-state index in [2.05, 4.69) is 0 Å². The van der Waals surface area contributed by atoms with Crippen LogP contribution in [0, 0.1) is 0 Å². The Hall–Kier alpha value is 0.690. The standard InChI is InChI=1S/C8H16Cl2N3OP/c9-1-3-11(4-2-10)15(14,12-5-6-12)13-7-8-13/h1-8H2. The van der Waals surface area contributed by atoms with E-state index < -0.39 is 7.59 Å². The lowest BCUT2D eigenvalue weighted by molar-refractivity contribution is 0.391. The summed E-state index contributed by atoms with van der Waals surface area (Å²) in [7, 11) is -2.45. The van der Waals surface area contributed by atoms with Crippen LogP contribution in [0.3, 0.4) is 0 Å². The van der Waals surface area contributed by atoms with E-state index in [1.165, 1.54) is 0 Å². The third kappa shape index (κ3) is 2.51. The summed E-state index contributed by atoms with van der Waals surface area (Å²) in [6.45, 7) is 5.06. The van der Waals surface area contributed by atoms with Gasteiger partial charge in [-0.3, -0.25) is 4.57 Å². The van der Waals surface area contributed by atoms with Crippen LogP contribution in [-0.4, -0.2) is 65.0 Å². The Morgan fingerprint density at radius 1 is 1.00 bits per heavy atom. The Labute approximate surface area is 101 Å². The first-order valence-corrected chi connectivity index (χ1v) is 7.85. The van der Waals surface area contributed by atoms with Crippen molar-refractivity contribution in [2.75, 3.05) is 51.0 Å². The zero-order valence-corrected chi connectivity index (χ0v) is 11.0. The van der Waals surface area contributed by atoms with E-state index in [0.717, 1.165) is 26.2 Å². The quantitative estimate of drug-likeness (QED) is 0.398. The van der Waals surface area contributed by atoms with E-state index in [9.17, 15) is 4.57 Å². The summed E-state index contributed by atoms with van der Waals surface area (Å²) in [5, 5.41) is 0. The molecule has 0 N–H and O–H groups in total.